The third kappa shape index (κ3) is 1.19. The van der Waals surface area contributed by atoms with Crippen LogP contribution in [0.1, 0.15) is 15.9 Å². The molecule has 3 nitrogen and oxygen atoms in total. The zero-order chi connectivity index (χ0) is 8.39. The molecule has 12 heavy (non-hydrogen) atoms. The minimum Gasteiger partial charge on any atom is -0.337 e. The number of hydrogen-bond acceptors (Lipinski definition) is 3. The van der Waals surface area contributed by atoms with Crippen LogP contribution in [0.2, 0.25) is 0 Å². The van der Waals surface area contributed by atoms with E-state index >= 15 is 0 Å². The minimum absolute atomic E-state index is 0.577. The van der Waals surface area contributed by atoms with Crippen molar-refractivity contribution < 1.29 is 14.6 Å². The van der Waals surface area contributed by atoms with Gasteiger partial charge in [-0.15, -0.1) is 0 Å². The third-order valence-corrected chi connectivity index (χ3v) is 1.83. The van der Waals surface area contributed by atoms with E-state index in [1.54, 1.807) is 12.1 Å². The maximum Gasteiger partial charge on any atom is 0.169 e. The summed E-state index contributed by atoms with van der Waals surface area (Å²) >= 11 is 0. The first-order valence-corrected chi connectivity index (χ1v) is 3.78. The summed E-state index contributed by atoms with van der Waals surface area (Å²) in [5.41, 5.74) is 1.70. The van der Waals surface area contributed by atoms with Crippen molar-refractivity contribution in [1.82, 2.24) is 0 Å². The van der Waals surface area contributed by atoms with Crippen molar-refractivity contribution in [3.05, 3.63) is 29.3 Å². The molecule has 1 aliphatic heterocycles. The van der Waals surface area contributed by atoms with Crippen LogP contribution in [0, 0.1) is 0 Å². The van der Waals surface area contributed by atoms with Gasteiger partial charge < -0.3 is 4.89 Å². The highest BCUT2D eigenvalue weighted by molar-refractivity contribution is 5.75. The summed E-state index contributed by atoms with van der Waals surface area (Å²) < 4.78 is 0. The Morgan fingerprint density at radius 2 is 2.33 bits per heavy atom. The fourth-order valence-electron chi connectivity index (χ4n) is 1.19. The van der Waals surface area contributed by atoms with Gasteiger partial charge in [-0.2, -0.15) is 4.89 Å². The van der Waals surface area contributed by atoms with E-state index in [1.165, 1.54) is 0 Å². The Labute approximate surface area is 69.8 Å². The van der Waals surface area contributed by atoms with Crippen LogP contribution in [0.15, 0.2) is 18.2 Å². The summed E-state index contributed by atoms with van der Waals surface area (Å²) in [6.45, 7) is 0.577. The lowest BCUT2D eigenvalue weighted by atomic mass is 10.1. The number of fused-ring (bicyclic) bond motifs is 1. The third-order valence-electron chi connectivity index (χ3n) is 1.83. The Kier molecular flexibility index (Phi) is 1.80. The average molecular weight is 164 g/mol. The summed E-state index contributed by atoms with van der Waals surface area (Å²) in [4.78, 5) is 20.1. The van der Waals surface area contributed by atoms with Gasteiger partial charge in [0.15, 0.2) is 5.75 Å². The second-order valence-corrected chi connectivity index (χ2v) is 2.64. The first kappa shape index (κ1) is 7.31. The summed E-state index contributed by atoms with van der Waals surface area (Å²) in [5.74, 6) is 0.658. The predicted octanol–water partition coefficient (Wildman–Crippen LogP) is 1.37. The monoisotopic (exact) mass is 164 g/mol. The molecule has 1 aromatic rings. The summed E-state index contributed by atoms with van der Waals surface area (Å²) in [7, 11) is 0. The quantitative estimate of drug-likeness (QED) is 0.464. The maximum absolute atomic E-state index is 10.4. The van der Waals surface area contributed by atoms with Crippen LogP contribution in [-0.2, 0) is 11.3 Å². The molecule has 0 saturated heterocycles. The molecule has 62 valence electrons. The molecule has 1 heterocycles. The fourth-order valence-corrected chi connectivity index (χ4v) is 1.19. The highest BCUT2D eigenvalue weighted by Gasteiger charge is 2.11. The number of rotatable bonds is 1. The molecule has 3 heteroatoms. The van der Waals surface area contributed by atoms with Gasteiger partial charge in [0, 0.05) is 17.5 Å². The molecule has 0 fully saturated rings. The Morgan fingerprint density at radius 1 is 1.42 bits per heavy atom. The largest absolute Gasteiger partial charge is 0.337 e. The smallest absolute Gasteiger partial charge is 0.169 e. The molecule has 0 aromatic heterocycles. The molecule has 1 aromatic carbocycles. The highest BCUT2D eigenvalue weighted by atomic mass is 17.2. The average Bonchev–Trinajstić information content (AvgIpc) is 2.17. The summed E-state index contributed by atoms with van der Waals surface area (Å²) in [5, 5.41) is 0. The van der Waals surface area contributed by atoms with E-state index in [0.717, 1.165) is 18.3 Å². The molecule has 0 radical (unpaired) electrons. The van der Waals surface area contributed by atoms with Gasteiger partial charge in [-0.3, -0.25) is 4.79 Å². The number of carbonyl (C=O) groups is 1. The van der Waals surface area contributed by atoms with Gasteiger partial charge in [-0.25, -0.2) is 0 Å². The van der Waals surface area contributed by atoms with Crippen LogP contribution >= 0.6 is 0 Å². The molecule has 0 saturated carbocycles. The molecule has 1 aliphatic rings. The lowest BCUT2D eigenvalue weighted by molar-refractivity contribution is -0.215. The van der Waals surface area contributed by atoms with E-state index in [-0.39, 0.29) is 0 Å². The Hall–Kier alpha value is -1.35. The molecular weight excluding hydrogens is 156 g/mol. The first-order chi connectivity index (χ1) is 5.90. The van der Waals surface area contributed by atoms with Crippen LogP contribution in [0.3, 0.4) is 0 Å². The second kappa shape index (κ2) is 2.95. The van der Waals surface area contributed by atoms with Crippen LogP contribution < -0.4 is 4.89 Å². The topological polar surface area (TPSA) is 35.5 Å². The van der Waals surface area contributed by atoms with E-state index in [4.69, 9.17) is 9.78 Å². The summed E-state index contributed by atoms with van der Waals surface area (Å²) in [6.07, 6.45) is 1.63. The normalized spacial score (nSPS) is 14.7. The Morgan fingerprint density at radius 3 is 3.17 bits per heavy atom. The van der Waals surface area contributed by atoms with Crippen molar-refractivity contribution in [1.29, 1.82) is 0 Å². The predicted molar refractivity (Wildman–Crippen MR) is 42.1 cm³/mol. The molecule has 0 aliphatic carbocycles. The summed E-state index contributed by atoms with van der Waals surface area (Å²) in [6, 6.07) is 5.35. The standard InChI is InChI=1S/C9H8O3/c10-6-7-1-2-8-3-4-11-12-9(8)5-7/h1-2,5-6H,3-4H2. The van der Waals surface area contributed by atoms with Gasteiger partial charge in [0.05, 0.1) is 6.61 Å². The van der Waals surface area contributed by atoms with E-state index in [2.05, 4.69) is 0 Å². The van der Waals surface area contributed by atoms with Crippen LogP contribution in [0.4, 0.5) is 0 Å². The Bertz CT molecular complexity index is 307. The lowest BCUT2D eigenvalue weighted by Gasteiger charge is -2.14. The molecule has 0 atom stereocenters. The first-order valence-electron chi connectivity index (χ1n) is 3.78. The number of aldehydes is 1. The zero-order valence-corrected chi connectivity index (χ0v) is 6.45. The second-order valence-electron chi connectivity index (χ2n) is 2.64. The van der Waals surface area contributed by atoms with Crippen molar-refractivity contribution in [3.8, 4) is 5.75 Å². The van der Waals surface area contributed by atoms with Crippen LogP contribution in [-0.4, -0.2) is 12.9 Å². The molecule has 0 N–H and O–H groups in total. The zero-order valence-electron chi connectivity index (χ0n) is 6.45. The molecule has 0 unspecified atom stereocenters. The number of carbonyl (C=O) groups excluding carboxylic acids is 1. The molecule has 2 rings (SSSR count). The maximum atomic E-state index is 10.4. The van der Waals surface area contributed by atoms with Gasteiger partial charge in [0.2, 0.25) is 0 Å². The number of benzene rings is 1. The molecule has 0 spiro atoms. The fraction of sp³-hybridized carbons (Fsp3) is 0.222. The van der Waals surface area contributed by atoms with E-state index in [1.807, 2.05) is 6.07 Å². The van der Waals surface area contributed by atoms with Crippen molar-refractivity contribution in [2.45, 2.75) is 6.42 Å². The van der Waals surface area contributed by atoms with E-state index in [0.29, 0.717) is 17.9 Å². The number of hydrogen-bond donors (Lipinski definition) is 0. The van der Waals surface area contributed by atoms with Gasteiger partial charge >= 0.3 is 0 Å². The lowest BCUT2D eigenvalue weighted by Crippen LogP contribution is -2.10. The van der Waals surface area contributed by atoms with Crippen molar-refractivity contribution >= 4 is 6.29 Å². The molecule has 0 amide bonds. The SMILES string of the molecule is O=Cc1ccc2c(c1)OOCC2. The Balaban J connectivity index is 2.42. The molecular formula is C9H8O3. The van der Waals surface area contributed by atoms with Gasteiger partial charge in [0.25, 0.3) is 0 Å². The van der Waals surface area contributed by atoms with Crippen molar-refractivity contribution in [3.63, 3.8) is 0 Å². The van der Waals surface area contributed by atoms with Gasteiger partial charge in [0.1, 0.15) is 6.29 Å². The van der Waals surface area contributed by atoms with Crippen molar-refractivity contribution in [2.75, 3.05) is 6.61 Å². The van der Waals surface area contributed by atoms with Crippen LogP contribution in [0.5, 0.6) is 5.75 Å². The van der Waals surface area contributed by atoms with E-state index < -0.39 is 0 Å². The minimum atomic E-state index is 0.577. The van der Waals surface area contributed by atoms with Gasteiger partial charge in [-0.1, -0.05) is 12.1 Å². The van der Waals surface area contributed by atoms with E-state index in [9.17, 15) is 4.79 Å². The highest BCUT2D eigenvalue weighted by Crippen LogP contribution is 2.23. The van der Waals surface area contributed by atoms with Crippen LogP contribution in [0.25, 0.3) is 0 Å². The molecule has 0 bridgehead atoms. The van der Waals surface area contributed by atoms with Gasteiger partial charge in [-0.05, 0) is 6.07 Å². The van der Waals surface area contributed by atoms with Crippen molar-refractivity contribution in [2.24, 2.45) is 0 Å².